The van der Waals surface area contributed by atoms with Gasteiger partial charge in [-0.15, -0.1) is 0 Å². The Bertz CT molecular complexity index is 2260. The van der Waals surface area contributed by atoms with Gasteiger partial charge in [-0.2, -0.15) is 13.2 Å². The number of para-hydroxylation sites is 1. The summed E-state index contributed by atoms with van der Waals surface area (Å²) in [5.41, 5.74) is 1.36. The van der Waals surface area contributed by atoms with Crippen molar-refractivity contribution < 1.29 is 41.5 Å². The van der Waals surface area contributed by atoms with Crippen LogP contribution in [0, 0.1) is 5.82 Å². The van der Waals surface area contributed by atoms with Crippen molar-refractivity contribution in [2.24, 2.45) is 0 Å². The van der Waals surface area contributed by atoms with E-state index >= 15 is 4.39 Å². The highest BCUT2D eigenvalue weighted by Gasteiger charge is 2.41. The number of hydrogen-bond acceptors (Lipinski definition) is 10. The molecule has 3 aliphatic heterocycles. The number of alkyl halides is 3. The molecule has 4 N–H and O–H groups in total. The van der Waals surface area contributed by atoms with Gasteiger partial charge in [0.05, 0.1) is 41.8 Å². The molecule has 0 bridgehead atoms. The first kappa shape index (κ1) is 40.0. The Labute approximate surface area is 331 Å². The molecule has 1 unspecified atom stereocenters. The summed E-state index contributed by atoms with van der Waals surface area (Å²) in [5, 5.41) is 10.6. The quantitative estimate of drug-likeness (QED) is 0.106. The predicted molar refractivity (Wildman–Crippen MR) is 208 cm³/mol. The average Bonchev–Trinajstić information content (AvgIpc) is 3.54. The number of benzene rings is 3. The summed E-state index contributed by atoms with van der Waals surface area (Å²) in [5.74, 6) is -1.72. The number of rotatable bonds is 11. The smallest absolute Gasteiger partial charge is 0.419 e. The molecule has 17 heteroatoms. The highest BCUT2D eigenvalue weighted by atomic mass is 19.4. The monoisotopic (exact) mass is 802 g/mol. The van der Waals surface area contributed by atoms with Crippen molar-refractivity contribution in [2.45, 2.75) is 57.0 Å². The zero-order valence-corrected chi connectivity index (χ0v) is 32.0. The lowest BCUT2D eigenvalue weighted by Gasteiger charge is -2.38. The molecule has 0 saturated carbocycles. The van der Waals surface area contributed by atoms with Gasteiger partial charge in [0.1, 0.15) is 23.4 Å². The first-order valence-electron chi connectivity index (χ1n) is 18.8. The van der Waals surface area contributed by atoms with E-state index in [1.165, 1.54) is 37.3 Å². The molecule has 13 nitrogen and oxygen atoms in total. The van der Waals surface area contributed by atoms with Crippen molar-refractivity contribution in [1.29, 1.82) is 0 Å². The standard InChI is InChI=1S/C41H42F4N8O5/c1-46-38(55)27-6-4-5-7-30(27)48-32-19-35(47-20-29(32)41(43,44)45)49-31-11-9-25(18-34(31)58-3)52-16-14-24(15-17-52)51(2)21-23-8-10-26-28(37(23)42)22-53(40(26)57)33-12-13-36(54)50-39(33)56/h4-11,18-20,24,33H,12-17,21-22H2,1-3H3,(H,46,55)(H2,47,48,49)(H,50,54,56). The Morgan fingerprint density at radius 2 is 1.74 bits per heavy atom. The van der Waals surface area contributed by atoms with E-state index in [9.17, 15) is 32.3 Å². The number of imide groups is 1. The van der Waals surface area contributed by atoms with E-state index < -0.39 is 41.3 Å². The van der Waals surface area contributed by atoms with Crippen molar-refractivity contribution in [3.63, 3.8) is 0 Å². The van der Waals surface area contributed by atoms with Gasteiger partial charge in [-0.05, 0) is 56.6 Å². The molecule has 0 spiro atoms. The fraction of sp³-hybridized carbons (Fsp3) is 0.341. The number of carbonyl (C=O) groups is 4. The normalized spacial score (nSPS) is 17.3. The molecule has 7 rings (SSSR count). The predicted octanol–water partition coefficient (Wildman–Crippen LogP) is 5.96. The molecule has 2 fully saturated rings. The second-order valence-corrected chi connectivity index (χ2v) is 14.5. The number of methoxy groups -OCH3 is 1. The minimum atomic E-state index is -4.72. The summed E-state index contributed by atoms with van der Waals surface area (Å²) in [6.07, 6.45) is -2.12. The van der Waals surface area contributed by atoms with Gasteiger partial charge in [0.25, 0.3) is 11.8 Å². The number of hydrogen-bond donors (Lipinski definition) is 4. The highest BCUT2D eigenvalue weighted by molar-refractivity contribution is 6.05. The molecular weight excluding hydrogens is 760 g/mol. The van der Waals surface area contributed by atoms with Crippen LogP contribution in [0.4, 0.5) is 46.1 Å². The van der Waals surface area contributed by atoms with Crippen LogP contribution in [0.2, 0.25) is 0 Å². The third-order valence-electron chi connectivity index (χ3n) is 10.9. The molecule has 3 aliphatic rings. The third kappa shape index (κ3) is 8.12. The largest absolute Gasteiger partial charge is 0.494 e. The fourth-order valence-corrected chi connectivity index (χ4v) is 7.78. The maximum absolute atomic E-state index is 15.9. The highest BCUT2D eigenvalue weighted by Crippen LogP contribution is 2.39. The fourth-order valence-electron chi connectivity index (χ4n) is 7.78. The van der Waals surface area contributed by atoms with E-state index in [0.29, 0.717) is 36.6 Å². The van der Waals surface area contributed by atoms with Crippen LogP contribution in [0.3, 0.4) is 0 Å². The van der Waals surface area contributed by atoms with Crippen LogP contribution in [0.5, 0.6) is 5.75 Å². The lowest BCUT2D eigenvalue weighted by atomic mass is 10.0. The number of pyridine rings is 1. The second-order valence-electron chi connectivity index (χ2n) is 14.5. The topological polar surface area (TPSA) is 148 Å². The molecule has 1 atom stereocenters. The van der Waals surface area contributed by atoms with Crippen LogP contribution in [0.15, 0.2) is 66.9 Å². The van der Waals surface area contributed by atoms with Crippen LogP contribution in [0.25, 0.3) is 0 Å². The number of fused-ring (bicyclic) bond motifs is 1. The Morgan fingerprint density at radius 1 is 0.983 bits per heavy atom. The first-order valence-corrected chi connectivity index (χ1v) is 18.8. The van der Waals surface area contributed by atoms with Gasteiger partial charge in [0.15, 0.2) is 0 Å². The summed E-state index contributed by atoms with van der Waals surface area (Å²) in [6, 6.07) is 15.5. The number of piperidine rings is 2. The van der Waals surface area contributed by atoms with Crippen LogP contribution in [-0.4, -0.2) is 84.8 Å². The van der Waals surface area contributed by atoms with E-state index in [2.05, 4.69) is 36.1 Å². The van der Waals surface area contributed by atoms with Crippen molar-refractivity contribution in [1.82, 2.24) is 25.4 Å². The maximum atomic E-state index is 15.9. The number of amides is 4. The van der Waals surface area contributed by atoms with E-state index in [0.717, 1.165) is 24.7 Å². The number of carbonyl (C=O) groups excluding carboxylic acids is 4. The van der Waals surface area contributed by atoms with Crippen molar-refractivity contribution in [3.8, 4) is 5.75 Å². The SMILES string of the molecule is CNC(=O)c1ccccc1Nc1cc(Nc2ccc(N3CCC(N(C)Cc4ccc5c(c4F)CN(C4CCC(=O)NC4=O)C5=O)CC3)cc2OC)ncc1C(F)(F)F. The first-order chi connectivity index (χ1) is 27.7. The van der Waals surface area contributed by atoms with Crippen LogP contribution in [-0.2, 0) is 28.9 Å². The van der Waals surface area contributed by atoms with E-state index in [1.807, 2.05) is 19.2 Å². The second kappa shape index (κ2) is 16.3. The third-order valence-corrected chi connectivity index (χ3v) is 10.9. The van der Waals surface area contributed by atoms with E-state index in [4.69, 9.17) is 4.74 Å². The number of halogens is 4. The Balaban J connectivity index is 0.993. The summed E-state index contributed by atoms with van der Waals surface area (Å²) >= 11 is 0. The number of nitrogens with zero attached hydrogens (tertiary/aromatic N) is 4. The van der Waals surface area contributed by atoms with Gasteiger partial charge < -0.3 is 30.5 Å². The zero-order valence-electron chi connectivity index (χ0n) is 32.0. The average molecular weight is 803 g/mol. The van der Waals surface area contributed by atoms with Crippen LogP contribution < -0.4 is 30.9 Å². The summed E-state index contributed by atoms with van der Waals surface area (Å²) < 4.78 is 63.7. The van der Waals surface area contributed by atoms with E-state index in [-0.39, 0.29) is 65.2 Å². The molecule has 304 valence electrons. The molecule has 2 saturated heterocycles. The lowest BCUT2D eigenvalue weighted by molar-refractivity contribution is -0.138. The maximum Gasteiger partial charge on any atom is 0.419 e. The molecule has 4 aromatic rings. The van der Waals surface area contributed by atoms with Crippen molar-refractivity contribution in [3.05, 3.63) is 100 Å². The molecule has 4 amide bonds. The summed E-state index contributed by atoms with van der Waals surface area (Å²) in [4.78, 5) is 59.2. The Kier molecular flexibility index (Phi) is 11.3. The lowest BCUT2D eigenvalue weighted by Crippen LogP contribution is -2.52. The van der Waals surface area contributed by atoms with Crippen LogP contribution in [0.1, 0.15) is 63.1 Å². The van der Waals surface area contributed by atoms with Gasteiger partial charge >= 0.3 is 6.18 Å². The minimum Gasteiger partial charge on any atom is -0.494 e. The number of nitrogens with one attached hydrogen (secondary N) is 4. The van der Waals surface area contributed by atoms with Gasteiger partial charge in [0, 0.05) is 79.9 Å². The van der Waals surface area contributed by atoms with Gasteiger partial charge in [-0.1, -0.05) is 18.2 Å². The van der Waals surface area contributed by atoms with Crippen molar-refractivity contribution >= 4 is 52.2 Å². The summed E-state index contributed by atoms with van der Waals surface area (Å²) in [7, 11) is 4.87. The van der Waals surface area contributed by atoms with Gasteiger partial charge in [-0.25, -0.2) is 9.37 Å². The van der Waals surface area contributed by atoms with Gasteiger partial charge in [0.2, 0.25) is 11.8 Å². The number of anilines is 5. The number of ether oxygens (including phenoxy) is 1. The zero-order chi connectivity index (χ0) is 41.3. The molecule has 0 radical (unpaired) electrons. The molecule has 0 aliphatic carbocycles. The molecule has 58 heavy (non-hydrogen) atoms. The van der Waals surface area contributed by atoms with Crippen molar-refractivity contribution in [2.75, 3.05) is 49.8 Å². The molecule has 4 heterocycles. The molecule has 1 aromatic heterocycles. The number of aromatic nitrogens is 1. The Morgan fingerprint density at radius 3 is 2.45 bits per heavy atom. The van der Waals surface area contributed by atoms with E-state index in [1.54, 1.807) is 30.3 Å². The minimum absolute atomic E-state index is 0.0332. The summed E-state index contributed by atoms with van der Waals surface area (Å²) in [6.45, 7) is 1.68. The Hall–Kier alpha value is -6.23. The van der Waals surface area contributed by atoms with Crippen LogP contribution >= 0.6 is 0 Å². The molecule has 3 aromatic carbocycles. The van der Waals surface area contributed by atoms with Gasteiger partial charge in [-0.3, -0.25) is 29.4 Å². The molecular formula is C41H42F4N8O5.